The van der Waals surface area contributed by atoms with Gasteiger partial charge in [-0.25, -0.2) is 0 Å². The lowest BCUT2D eigenvalue weighted by molar-refractivity contribution is -0.137. The van der Waals surface area contributed by atoms with Crippen LogP contribution in [0.3, 0.4) is 0 Å². The van der Waals surface area contributed by atoms with E-state index in [0.717, 1.165) is 17.7 Å². The number of phenolic OH excluding ortho intramolecular Hbond substituents is 1. The summed E-state index contributed by atoms with van der Waals surface area (Å²) in [4.78, 5) is 0. The number of alkyl halides is 3. The minimum absolute atomic E-state index is 0.0154. The Balaban J connectivity index is 2.17. The zero-order valence-electron chi connectivity index (χ0n) is 10.2. The highest BCUT2D eigenvalue weighted by molar-refractivity contribution is 6.32. The van der Waals surface area contributed by atoms with E-state index in [9.17, 15) is 18.3 Å². The number of phenols is 1. The van der Waals surface area contributed by atoms with Crippen LogP contribution >= 0.6 is 11.6 Å². The van der Waals surface area contributed by atoms with E-state index >= 15 is 0 Å². The summed E-state index contributed by atoms with van der Waals surface area (Å²) in [5.74, 6) is -0.0154. The van der Waals surface area contributed by atoms with Crippen LogP contribution in [-0.2, 0) is 6.18 Å². The molecule has 0 fully saturated rings. The summed E-state index contributed by atoms with van der Waals surface area (Å²) in [6.45, 7) is 0. The van der Waals surface area contributed by atoms with Gasteiger partial charge < -0.3 is 5.11 Å². The summed E-state index contributed by atoms with van der Waals surface area (Å²) < 4.78 is 37.2. The van der Waals surface area contributed by atoms with Crippen LogP contribution in [0.1, 0.15) is 16.7 Å². The summed E-state index contributed by atoms with van der Waals surface area (Å²) in [6.07, 6.45) is -0.955. The summed E-state index contributed by atoms with van der Waals surface area (Å²) in [5, 5.41) is 9.49. The molecule has 5 heteroatoms. The summed E-state index contributed by atoms with van der Waals surface area (Å²) >= 11 is 5.76. The third kappa shape index (κ3) is 3.54. The SMILES string of the molecule is Oc1ccc(/C=C/c2ccc(C(F)(F)F)cc2)cc1Cl. The van der Waals surface area contributed by atoms with E-state index in [-0.39, 0.29) is 10.8 Å². The normalized spacial score (nSPS) is 12.0. The standard InChI is InChI=1S/C15H10ClF3O/c16-13-9-11(5-8-14(13)20)2-1-10-3-6-12(7-4-10)15(17,18)19/h1-9,20H/b2-1+. The summed E-state index contributed by atoms with van der Waals surface area (Å²) in [7, 11) is 0. The molecule has 2 aromatic carbocycles. The third-order valence-corrected chi connectivity index (χ3v) is 2.98. The molecule has 1 nitrogen and oxygen atoms in total. The van der Waals surface area contributed by atoms with Crippen molar-refractivity contribution in [3.8, 4) is 5.75 Å². The van der Waals surface area contributed by atoms with Crippen LogP contribution in [0.4, 0.5) is 13.2 Å². The zero-order chi connectivity index (χ0) is 14.8. The second kappa shape index (κ2) is 5.59. The molecule has 2 rings (SSSR count). The van der Waals surface area contributed by atoms with Gasteiger partial charge in [0.15, 0.2) is 0 Å². The smallest absolute Gasteiger partial charge is 0.416 e. The monoisotopic (exact) mass is 298 g/mol. The fourth-order valence-electron chi connectivity index (χ4n) is 1.60. The van der Waals surface area contributed by atoms with Gasteiger partial charge in [-0.2, -0.15) is 13.2 Å². The van der Waals surface area contributed by atoms with E-state index in [1.54, 1.807) is 24.3 Å². The average Bonchev–Trinajstić information content (AvgIpc) is 2.40. The highest BCUT2D eigenvalue weighted by Gasteiger charge is 2.29. The van der Waals surface area contributed by atoms with E-state index < -0.39 is 11.7 Å². The van der Waals surface area contributed by atoms with E-state index in [4.69, 9.17) is 11.6 Å². The van der Waals surface area contributed by atoms with Crippen LogP contribution in [0.15, 0.2) is 42.5 Å². The van der Waals surface area contributed by atoms with Crippen LogP contribution in [-0.4, -0.2) is 5.11 Å². The molecule has 0 radical (unpaired) electrons. The Labute approximate surface area is 118 Å². The second-order valence-corrected chi connectivity index (χ2v) is 4.57. The largest absolute Gasteiger partial charge is 0.506 e. The van der Waals surface area contributed by atoms with Crippen molar-refractivity contribution in [1.82, 2.24) is 0 Å². The van der Waals surface area contributed by atoms with Gasteiger partial charge >= 0.3 is 6.18 Å². The maximum atomic E-state index is 12.4. The molecule has 0 atom stereocenters. The van der Waals surface area contributed by atoms with Crippen LogP contribution < -0.4 is 0 Å². The highest BCUT2D eigenvalue weighted by atomic mass is 35.5. The Bertz CT molecular complexity index is 631. The maximum Gasteiger partial charge on any atom is 0.416 e. The molecule has 0 aromatic heterocycles. The molecule has 0 amide bonds. The molecule has 0 saturated heterocycles. The topological polar surface area (TPSA) is 20.2 Å². The fraction of sp³-hybridized carbons (Fsp3) is 0.0667. The average molecular weight is 299 g/mol. The first-order valence-electron chi connectivity index (χ1n) is 5.70. The van der Waals surface area contributed by atoms with Gasteiger partial charge in [0.05, 0.1) is 10.6 Å². The van der Waals surface area contributed by atoms with E-state index in [1.165, 1.54) is 18.2 Å². The lowest BCUT2D eigenvalue weighted by atomic mass is 10.1. The molecule has 2 aromatic rings. The minimum Gasteiger partial charge on any atom is -0.506 e. The Hall–Kier alpha value is -1.94. The van der Waals surface area contributed by atoms with Crippen LogP contribution in [0.2, 0.25) is 5.02 Å². The molecule has 0 aliphatic carbocycles. The molecule has 1 N–H and O–H groups in total. The van der Waals surface area contributed by atoms with Gasteiger partial charge in [-0.3, -0.25) is 0 Å². The molecule has 0 spiro atoms. The number of halogens is 4. The zero-order valence-corrected chi connectivity index (χ0v) is 10.9. The van der Waals surface area contributed by atoms with Gasteiger partial charge in [-0.05, 0) is 35.4 Å². The van der Waals surface area contributed by atoms with Crippen molar-refractivity contribution in [2.45, 2.75) is 6.18 Å². The lowest BCUT2D eigenvalue weighted by Gasteiger charge is -2.05. The lowest BCUT2D eigenvalue weighted by Crippen LogP contribution is -2.03. The molecule has 0 unspecified atom stereocenters. The van der Waals surface area contributed by atoms with Crippen molar-refractivity contribution < 1.29 is 18.3 Å². The molecule has 0 heterocycles. The predicted molar refractivity (Wildman–Crippen MR) is 73.5 cm³/mol. The molecular formula is C15H10ClF3O. The number of aromatic hydroxyl groups is 1. The van der Waals surface area contributed by atoms with Crippen molar-refractivity contribution in [1.29, 1.82) is 0 Å². The Kier molecular flexibility index (Phi) is 4.04. The number of rotatable bonds is 2. The first-order valence-corrected chi connectivity index (χ1v) is 6.08. The van der Waals surface area contributed by atoms with Crippen LogP contribution in [0.5, 0.6) is 5.75 Å². The maximum absolute atomic E-state index is 12.4. The molecule has 0 aliphatic heterocycles. The van der Waals surface area contributed by atoms with E-state index in [0.29, 0.717) is 5.56 Å². The van der Waals surface area contributed by atoms with Crippen molar-refractivity contribution in [2.24, 2.45) is 0 Å². The minimum atomic E-state index is -4.33. The molecule has 0 aliphatic rings. The van der Waals surface area contributed by atoms with Crippen molar-refractivity contribution in [3.63, 3.8) is 0 Å². The van der Waals surface area contributed by atoms with Crippen LogP contribution in [0.25, 0.3) is 12.2 Å². The third-order valence-electron chi connectivity index (χ3n) is 2.68. The highest BCUT2D eigenvalue weighted by Crippen LogP contribution is 2.29. The van der Waals surface area contributed by atoms with Gasteiger partial charge in [0.25, 0.3) is 0 Å². The Morgan fingerprint density at radius 2 is 1.45 bits per heavy atom. The molecule has 0 bridgehead atoms. The summed E-state index contributed by atoms with van der Waals surface area (Å²) in [5.41, 5.74) is 0.706. The quantitative estimate of drug-likeness (QED) is 0.752. The van der Waals surface area contributed by atoms with Gasteiger partial charge in [0.1, 0.15) is 5.75 Å². The Morgan fingerprint density at radius 3 is 2.00 bits per heavy atom. The van der Waals surface area contributed by atoms with Gasteiger partial charge in [0, 0.05) is 0 Å². The van der Waals surface area contributed by atoms with Crippen molar-refractivity contribution >= 4 is 23.8 Å². The van der Waals surface area contributed by atoms with Gasteiger partial charge in [-0.15, -0.1) is 0 Å². The van der Waals surface area contributed by atoms with Crippen molar-refractivity contribution in [3.05, 3.63) is 64.2 Å². The van der Waals surface area contributed by atoms with E-state index in [1.807, 2.05) is 0 Å². The van der Waals surface area contributed by atoms with Gasteiger partial charge in [-0.1, -0.05) is 42.0 Å². The summed E-state index contributed by atoms with van der Waals surface area (Å²) in [6, 6.07) is 9.52. The first kappa shape index (κ1) is 14.5. The number of hydrogen-bond acceptors (Lipinski definition) is 1. The molecule has 104 valence electrons. The molecular weight excluding hydrogens is 289 g/mol. The molecule has 0 saturated carbocycles. The molecule has 20 heavy (non-hydrogen) atoms. The van der Waals surface area contributed by atoms with Gasteiger partial charge in [0.2, 0.25) is 0 Å². The van der Waals surface area contributed by atoms with Crippen molar-refractivity contribution in [2.75, 3.05) is 0 Å². The Morgan fingerprint density at radius 1 is 0.900 bits per heavy atom. The number of hydrogen-bond donors (Lipinski definition) is 1. The first-order chi connectivity index (χ1) is 9.36. The van der Waals surface area contributed by atoms with E-state index in [2.05, 4.69) is 0 Å². The van der Waals surface area contributed by atoms with Crippen LogP contribution in [0, 0.1) is 0 Å². The predicted octanol–water partition coefficient (Wildman–Crippen LogP) is 5.23. The fourth-order valence-corrected chi connectivity index (χ4v) is 1.79. The number of benzene rings is 2. The second-order valence-electron chi connectivity index (χ2n) is 4.16.